The minimum Gasteiger partial charge on any atom is -0.497 e. The first-order valence-electron chi connectivity index (χ1n) is 6.58. The van der Waals surface area contributed by atoms with Crippen molar-refractivity contribution in [3.05, 3.63) is 33.1 Å². The lowest BCUT2D eigenvalue weighted by molar-refractivity contribution is 0.414. The Bertz CT molecular complexity index is 877. The van der Waals surface area contributed by atoms with Crippen molar-refractivity contribution in [1.82, 2.24) is 19.3 Å². The molecule has 0 saturated carbocycles. The molecule has 3 aromatic rings. The van der Waals surface area contributed by atoms with Crippen molar-refractivity contribution in [3.8, 4) is 11.4 Å². The molecule has 0 atom stereocenters. The van der Waals surface area contributed by atoms with Gasteiger partial charge in [0.1, 0.15) is 11.3 Å². The normalized spacial score (nSPS) is 11.2. The van der Waals surface area contributed by atoms with Gasteiger partial charge >= 0.3 is 0 Å². The molecule has 0 aliphatic rings. The molecule has 0 unspecified atom stereocenters. The van der Waals surface area contributed by atoms with Crippen molar-refractivity contribution in [2.24, 2.45) is 0 Å². The fourth-order valence-electron chi connectivity index (χ4n) is 2.44. The number of H-pyrrole nitrogens is 1. The molecule has 0 saturated heterocycles. The molecule has 0 fully saturated rings. The second-order valence-electron chi connectivity index (χ2n) is 4.68. The Labute approximate surface area is 135 Å². The van der Waals surface area contributed by atoms with E-state index >= 15 is 0 Å². The number of halogens is 1. The van der Waals surface area contributed by atoms with E-state index in [9.17, 15) is 0 Å². The molecule has 0 amide bonds. The maximum Gasteiger partial charge on any atom is 0.184 e. The fourth-order valence-corrected chi connectivity index (χ4v) is 3.15. The smallest absolute Gasteiger partial charge is 0.184 e. The largest absolute Gasteiger partial charge is 0.497 e. The molecule has 0 aliphatic carbocycles. The highest BCUT2D eigenvalue weighted by Crippen LogP contribution is 2.30. The number of methoxy groups -OCH3 is 1. The van der Waals surface area contributed by atoms with Gasteiger partial charge in [0.05, 0.1) is 18.5 Å². The summed E-state index contributed by atoms with van der Waals surface area (Å²) in [6.45, 7) is 4.82. The maximum absolute atomic E-state index is 5.50. The fraction of sp³-hybridized carbons (Fsp3) is 0.286. The van der Waals surface area contributed by atoms with E-state index in [-0.39, 0.29) is 0 Å². The number of imidazole rings is 1. The summed E-state index contributed by atoms with van der Waals surface area (Å²) in [5.41, 5.74) is 3.81. The van der Waals surface area contributed by atoms with Crippen molar-refractivity contribution in [3.63, 3.8) is 0 Å². The second-order valence-corrected chi connectivity index (χ2v) is 5.92. The number of fused-ring (bicyclic) bond motifs is 1. The van der Waals surface area contributed by atoms with Crippen LogP contribution in [0.15, 0.2) is 22.7 Å². The van der Waals surface area contributed by atoms with Crippen LogP contribution in [0.5, 0.6) is 5.75 Å². The van der Waals surface area contributed by atoms with Crippen LogP contribution < -0.4 is 4.74 Å². The van der Waals surface area contributed by atoms with E-state index in [1.807, 2.05) is 34.4 Å². The number of nitrogens with zero attached hydrogens (tertiary/aromatic N) is 3. The van der Waals surface area contributed by atoms with Gasteiger partial charge in [-0.05, 0) is 54.1 Å². The summed E-state index contributed by atoms with van der Waals surface area (Å²) in [4.78, 5) is 3.25. The van der Waals surface area contributed by atoms with Crippen molar-refractivity contribution in [2.45, 2.75) is 20.4 Å². The molecular formula is C14H15BrN4OS. The Balaban J connectivity index is 2.39. The number of nitrogens with one attached hydrogen (secondary N) is 1. The standard InChI is InChI=1S/C14H15BrN4OS/c1-4-18-13-12(8(2)17-18)16-14(21)19(13)11-7-9(20-3)5-6-10(11)15/h5-7H,4H2,1-3H3,(H,16,21). The van der Waals surface area contributed by atoms with Crippen molar-refractivity contribution in [1.29, 1.82) is 0 Å². The number of aromatic amines is 1. The highest BCUT2D eigenvalue weighted by molar-refractivity contribution is 9.10. The number of ether oxygens (including phenoxy) is 1. The first kappa shape index (κ1) is 14.3. The molecule has 0 aliphatic heterocycles. The van der Waals surface area contributed by atoms with Gasteiger partial charge in [-0.2, -0.15) is 5.10 Å². The first-order valence-corrected chi connectivity index (χ1v) is 7.79. The molecule has 21 heavy (non-hydrogen) atoms. The van der Waals surface area contributed by atoms with E-state index in [1.165, 1.54) is 0 Å². The van der Waals surface area contributed by atoms with Gasteiger partial charge in [-0.25, -0.2) is 4.68 Å². The Morgan fingerprint density at radius 2 is 2.19 bits per heavy atom. The minimum absolute atomic E-state index is 0.640. The quantitative estimate of drug-likeness (QED) is 0.713. The van der Waals surface area contributed by atoms with Crippen LogP contribution in [0.25, 0.3) is 16.9 Å². The van der Waals surface area contributed by atoms with Gasteiger partial charge in [0.2, 0.25) is 0 Å². The summed E-state index contributed by atoms with van der Waals surface area (Å²) in [6, 6.07) is 5.81. The highest BCUT2D eigenvalue weighted by Gasteiger charge is 2.17. The van der Waals surface area contributed by atoms with E-state index in [0.717, 1.165) is 39.3 Å². The number of rotatable bonds is 3. The van der Waals surface area contributed by atoms with Gasteiger partial charge in [0.25, 0.3) is 0 Å². The van der Waals surface area contributed by atoms with Gasteiger partial charge < -0.3 is 9.72 Å². The minimum atomic E-state index is 0.640. The van der Waals surface area contributed by atoms with Crippen LogP contribution in [0.2, 0.25) is 0 Å². The van der Waals surface area contributed by atoms with Crippen LogP contribution in [0.1, 0.15) is 12.6 Å². The maximum atomic E-state index is 5.50. The van der Waals surface area contributed by atoms with Gasteiger partial charge in [0.15, 0.2) is 10.4 Å². The summed E-state index contributed by atoms with van der Waals surface area (Å²) in [7, 11) is 1.65. The SMILES string of the molecule is CCn1nc(C)c2[nH]c(=S)n(-c3cc(OC)ccc3Br)c21. The van der Waals surface area contributed by atoms with Gasteiger partial charge in [-0.3, -0.25) is 4.57 Å². The average Bonchev–Trinajstić information content (AvgIpc) is 2.96. The van der Waals surface area contributed by atoms with Crippen LogP contribution >= 0.6 is 28.1 Å². The number of aryl methyl sites for hydroxylation is 2. The van der Waals surface area contributed by atoms with Gasteiger partial charge in [0, 0.05) is 17.1 Å². The third kappa shape index (κ3) is 2.20. The zero-order valence-electron chi connectivity index (χ0n) is 12.0. The number of hydrogen-bond donors (Lipinski definition) is 1. The lowest BCUT2D eigenvalue weighted by Gasteiger charge is -2.10. The van der Waals surface area contributed by atoms with Crippen LogP contribution in [-0.4, -0.2) is 26.4 Å². The molecule has 2 heterocycles. The third-order valence-corrected chi connectivity index (χ3v) is 4.40. The van der Waals surface area contributed by atoms with Gasteiger partial charge in [-0.1, -0.05) is 0 Å². The van der Waals surface area contributed by atoms with Crippen molar-refractivity contribution in [2.75, 3.05) is 7.11 Å². The molecule has 7 heteroatoms. The summed E-state index contributed by atoms with van der Waals surface area (Å²) in [6.07, 6.45) is 0. The molecule has 0 bridgehead atoms. The number of hydrogen-bond acceptors (Lipinski definition) is 3. The predicted octanol–water partition coefficient (Wildman–Crippen LogP) is 3.98. The molecule has 3 rings (SSSR count). The lowest BCUT2D eigenvalue weighted by Crippen LogP contribution is -2.04. The Kier molecular flexibility index (Phi) is 3.62. The summed E-state index contributed by atoms with van der Waals surface area (Å²) in [5, 5.41) is 4.54. The topological polar surface area (TPSA) is 47.8 Å². The third-order valence-electron chi connectivity index (χ3n) is 3.44. The molecule has 0 radical (unpaired) electrons. The summed E-state index contributed by atoms with van der Waals surface area (Å²) >= 11 is 9.09. The second kappa shape index (κ2) is 5.31. The van der Waals surface area contributed by atoms with Gasteiger partial charge in [-0.15, -0.1) is 0 Å². The first-order chi connectivity index (χ1) is 10.1. The molecule has 2 aromatic heterocycles. The van der Waals surface area contributed by atoms with Crippen LogP contribution in [0, 0.1) is 11.7 Å². The monoisotopic (exact) mass is 366 g/mol. The molecule has 1 aromatic carbocycles. The Hall–Kier alpha value is -1.60. The summed E-state index contributed by atoms with van der Waals surface area (Å²) in [5.74, 6) is 0.781. The van der Waals surface area contributed by atoms with E-state index in [4.69, 9.17) is 17.0 Å². The summed E-state index contributed by atoms with van der Waals surface area (Å²) < 4.78 is 10.8. The predicted molar refractivity (Wildman–Crippen MR) is 88.9 cm³/mol. The van der Waals surface area contributed by atoms with E-state index in [0.29, 0.717) is 4.77 Å². The molecule has 0 spiro atoms. The molecule has 5 nitrogen and oxygen atoms in total. The van der Waals surface area contributed by atoms with Crippen LogP contribution in [0.3, 0.4) is 0 Å². The average molecular weight is 367 g/mol. The van der Waals surface area contributed by atoms with Crippen molar-refractivity contribution >= 4 is 39.3 Å². The molecule has 1 N–H and O–H groups in total. The number of benzene rings is 1. The van der Waals surface area contributed by atoms with E-state index < -0.39 is 0 Å². The van der Waals surface area contributed by atoms with Crippen LogP contribution in [0.4, 0.5) is 0 Å². The van der Waals surface area contributed by atoms with Crippen LogP contribution in [-0.2, 0) is 6.54 Å². The molecule has 110 valence electrons. The Morgan fingerprint density at radius 1 is 1.43 bits per heavy atom. The zero-order valence-corrected chi connectivity index (χ0v) is 14.4. The highest BCUT2D eigenvalue weighted by atomic mass is 79.9. The molecular weight excluding hydrogens is 352 g/mol. The van der Waals surface area contributed by atoms with E-state index in [2.05, 4.69) is 32.9 Å². The van der Waals surface area contributed by atoms with Crippen molar-refractivity contribution < 1.29 is 4.74 Å². The van der Waals surface area contributed by atoms with E-state index in [1.54, 1.807) is 7.11 Å². The number of aromatic nitrogens is 4. The lowest BCUT2D eigenvalue weighted by atomic mass is 10.3. The zero-order chi connectivity index (χ0) is 15.1. The Morgan fingerprint density at radius 3 is 2.86 bits per heavy atom.